The van der Waals surface area contributed by atoms with E-state index in [2.05, 4.69) is 30.8 Å². The first-order chi connectivity index (χ1) is 17.0. The van der Waals surface area contributed by atoms with Crippen LogP contribution in [0.4, 0.5) is 0 Å². The van der Waals surface area contributed by atoms with E-state index in [1.54, 1.807) is 18.2 Å². The van der Waals surface area contributed by atoms with E-state index in [0.29, 0.717) is 16.9 Å². The van der Waals surface area contributed by atoms with Crippen molar-refractivity contribution in [2.24, 2.45) is 0 Å². The van der Waals surface area contributed by atoms with Crippen LogP contribution in [0.2, 0.25) is 0 Å². The van der Waals surface area contributed by atoms with Gasteiger partial charge in [-0.15, -0.1) is 0 Å². The Kier molecular flexibility index (Phi) is 3.73. The average molecular weight is 456 g/mol. The summed E-state index contributed by atoms with van der Waals surface area (Å²) >= 11 is 0. The molecule has 5 heteroatoms. The van der Waals surface area contributed by atoms with Crippen LogP contribution in [0.25, 0.3) is 16.9 Å². The van der Waals surface area contributed by atoms with Gasteiger partial charge in [0.25, 0.3) is 0 Å². The summed E-state index contributed by atoms with van der Waals surface area (Å²) in [5, 5.41) is 0. The van der Waals surface area contributed by atoms with Gasteiger partial charge in [0.2, 0.25) is 0 Å². The van der Waals surface area contributed by atoms with Crippen LogP contribution in [-0.4, -0.2) is 17.9 Å². The highest BCUT2D eigenvalue weighted by atomic mass is 16.6. The molecule has 0 saturated carbocycles. The van der Waals surface area contributed by atoms with Crippen LogP contribution in [0.5, 0.6) is 0 Å². The molecule has 0 aromatic heterocycles. The van der Waals surface area contributed by atoms with Crippen LogP contribution in [0, 0.1) is 0 Å². The van der Waals surface area contributed by atoms with E-state index in [1.807, 2.05) is 42.5 Å². The SMILES string of the molecule is C=C1OC(=O)c2ccc(C3(c4ccc5c(c4)C(=O)OC5=O)c4ccccc4-c4ccccc43)cc21. The van der Waals surface area contributed by atoms with Gasteiger partial charge in [-0.2, -0.15) is 0 Å². The standard InChI is InChI=1S/C30H16O5/c1-16-23-14-17(10-12-21(23)27(31)34-16)30(18-11-13-22-24(15-18)29(33)35-28(22)32)25-8-4-2-6-19(25)20-7-3-5-9-26(20)30/h2-15H,1H2. The Hall–Kier alpha value is -4.77. The molecule has 7 rings (SSSR count). The summed E-state index contributed by atoms with van der Waals surface area (Å²) in [6, 6.07) is 27.2. The van der Waals surface area contributed by atoms with Gasteiger partial charge in [-0.1, -0.05) is 67.2 Å². The van der Waals surface area contributed by atoms with Gasteiger partial charge in [0.15, 0.2) is 0 Å². The molecular formula is C30H16O5. The van der Waals surface area contributed by atoms with Crippen LogP contribution in [-0.2, 0) is 14.9 Å². The molecule has 1 aliphatic carbocycles. The topological polar surface area (TPSA) is 69.7 Å². The molecule has 0 unspecified atom stereocenters. The average Bonchev–Trinajstić information content (AvgIpc) is 3.46. The van der Waals surface area contributed by atoms with Gasteiger partial charge in [0.1, 0.15) is 5.76 Å². The largest absolute Gasteiger partial charge is 0.423 e. The summed E-state index contributed by atoms with van der Waals surface area (Å²) in [5.41, 5.74) is 6.75. The van der Waals surface area contributed by atoms with Gasteiger partial charge < -0.3 is 9.47 Å². The molecule has 166 valence electrons. The number of fused-ring (bicyclic) bond motifs is 5. The second-order valence-electron chi connectivity index (χ2n) is 8.85. The molecule has 0 N–H and O–H groups in total. The summed E-state index contributed by atoms with van der Waals surface area (Å²) < 4.78 is 10.2. The number of cyclic esters (lactones) is 3. The maximum atomic E-state index is 12.5. The van der Waals surface area contributed by atoms with E-state index in [-0.39, 0.29) is 11.1 Å². The first-order valence-corrected chi connectivity index (χ1v) is 11.2. The van der Waals surface area contributed by atoms with E-state index >= 15 is 0 Å². The Morgan fingerprint density at radius 3 is 1.63 bits per heavy atom. The van der Waals surface area contributed by atoms with Crippen LogP contribution in [0.3, 0.4) is 0 Å². The highest BCUT2D eigenvalue weighted by Crippen LogP contribution is 2.56. The minimum Gasteiger partial charge on any atom is -0.423 e. The fourth-order valence-corrected chi connectivity index (χ4v) is 5.75. The van der Waals surface area contributed by atoms with Crippen molar-refractivity contribution in [1.29, 1.82) is 0 Å². The van der Waals surface area contributed by atoms with Gasteiger partial charge in [-0.25, -0.2) is 14.4 Å². The van der Waals surface area contributed by atoms with Crippen LogP contribution in [0.15, 0.2) is 91.5 Å². The minimum atomic E-state index is -0.810. The molecule has 0 radical (unpaired) electrons. The van der Waals surface area contributed by atoms with E-state index in [0.717, 1.165) is 33.4 Å². The predicted octanol–water partition coefficient (Wildman–Crippen LogP) is 5.50. The molecule has 4 aromatic rings. The first-order valence-electron chi connectivity index (χ1n) is 11.2. The third kappa shape index (κ3) is 2.39. The molecular weight excluding hydrogens is 440 g/mol. The number of ether oxygens (including phenoxy) is 2. The predicted molar refractivity (Wildman–Crippen MR) is 128 cm³/mol. The first kappa shape index (κ1) is 19.7. The summed E-state index contributed by atoms with van der Waals surface area (Å²) in [6.07, 6.45) is 0. The number of benzene rings is 4. The summed E-state index contributed by atoms with van der Waals surface area (Å²) in [4.78, 5) is 36.9. The minimum absolute atomic E-state index is 0.248. The molecule has 3 aliphatic rings. The molecule has 0 fully saturated rings. The van der Waals surface area contributed by atoms with E-state index in [9.17, 15) is 14.4 Å². The zero-order valence-corrected chi connectivity index (χ0v) is 18.3. The zero-order chi connectivity index (χ0) is 23.9. The fraction of sp³-hybridized carbons (Fsp3) is 0.0333. The lowest BCUT2D eigenvalue weighted by Gasteiger charge is -2.34. The zero-order valence-electron chi connectivity index (χ0n) is 18.3. The van der Waals surface area contributed by atoms with Crippen molar-refractivity contribution in [3.05, 3.63) is 136 Å². The molecule has 4 aromatic carbocycles. The number of rotatable bonds is 2. The number of carbonyl (C=O) groups is 3. The van der Waals surface area contributed by atoms with Gasteiger partial charge in [0.05, 0.1) is 22.1 Å². The van der Waals surface area contributed by atoms with Crippen molar-refractivity contribution in [2.45, 2.75) is 5.41 Å². The van der Waals surface area contributed by atoms with Crippen molar-refractivity contribution >= 4 is 23.7 Å². The normalized spacial score (nSPS) is 16.3. The molecule has 2 aliphatic heterocycles. The maximum Gasteiger partial charge on any atom is 0.346 e. The number of hydrogen-bond donors (Lipinski definition) is 0. The molecule has 0 atom stereocenters. The number of carbonyl (C=O) groups excluding carboxylic acids is 3. The maximum absolute atomic E-state index is 12.5. The van der Waals surface area contributed by atoms with Gasteiger partial charge >= 0.3 is 17.9 Å². The lowest BCUT2D eigenvalue weighted by atomic mass is 9.67. The van der Waals surface area contributed by atoms with Crippen molar-refractivity contribution in [3.8, 4) is 11.1 Å². The van der Waals surface area contributed by atoms with Crippen molar-refractivity contribution < 1.29 is 23.9 Å². The Morgan fingerprint density at radius 2 is 1.00 bits per heavy atom. The third-order valence-corrected chi connectivity index (χ3v) is 7.22. The Morgan fingerprint density at radius 1 is 0.514 bits per heavy atom. The third-order valence-electron chi connectivity index (χ3n) is 7.22. The van der Waals surface area contributed by atoms with Crippen LogP contribution < -0.4 is 0 Å². The van der Waals surface area contributed by atoms with Crippen LogP contribution >= 0.6 is 0 Å². The number of hydrogen-bond acceptors (Lipinski definition) is 5. The fourth-order valence-electron chi connectivity index (χ4n) is 5.75. The highest BCUT2D eigenvalue weighted by Gasteiger charge is 2.47. The monoisotopic (exact) mass is 456 g/mol. The molecule has 0 bridgehead atoms. The lowest BCUT2D eigenvalue weighted by molar-refractivity contribution is 0.0443. The quantitative estimate of drug-likeness (QED) is 0.259. The molecule has 0 spiro atoms. The molecule has 5 nitrogen and oxygen atoms in total. The van der Waals surface area contributed by atoms with E-state index < -0.39 is 23.3 Å². The van der Waals surface area contributed by atoms with Crippen molar-refractivity contribution in [3.63, 3.8) is 0 Å². The van der Waals surface area contributed by atoms with Gasteiger partial charge in [-0.05, 0) is 57.6 Å². The molecule has 2 heterocycles. The Balaban J connectivity index is 1.61. The van der Waals surface area contributed by atoms with Crippen molar-refractivity contribution in [1.82, 2.24) is 0 Å². The number of esters is 3. The Labute approximate surface area is 200 Å². The molecule has 0 saturated heterocycles. The second-order valence-corrected chi connectivity index (χ2v) is 8.85. The second kappa shape index (κ2) is 6.64. The highest BCUT2D eigenvalue weighted by molar-refractivity contribution is 6.15. The summed E-state index contributed by atoms with van der Waals surface area (Å²) in [7, 11) is 0. The molecule has 0 amide bonds. The lowest BCUT2D eigenvalue weighted by Crippen LogP contribution is -2.29. The van der Waals surface area contributed by atoms with Crippen LogP contribution in [0.1, 0.15) is 58.9 Å². The van der Waals surface area contributed by atoms with E-state index in [1.165, 1.54) is 0 Å². The van der Waals surface area contributed by atoms with Gasteiger partial charge in [0, 0.05) is 5.56 Å². The summed E-state index contributed by atoms with van der Waals surface area (Å²) in [5.74, 6) is -1.40. The smallest absolute Gasteiger partial charge is 0.346 e. The van der Waals surface area contributed by atoms with Crippen molar-refractivity contribution in [2.75, 3.05) is 0 Å². The Bertz CT molecular complexity index is 1550. The van der Waals surface area contributed by atoms with Gasteiger partial charge in [-0.3, -0.25) is 0 Å². The van der Waals surface area contributed by atoms with E-state index in [4.69, 9.17) is 9.47 Å². The molecule has 35 heavy (non-hydrogen) atoms. The summed E-state index contributed by atoms with van der Waals surface area (Å²) in [6.45, 7) is 3.92.